The molecule has 0 aliphatic carbocycles. The minimum Gasteiger partial charge on any atom is -0.340 e. The first-order chi connectivity index (χ1) is 9.10. The minimum absolute atomic E-state index is 0.0791. The van der Waals surface area contributed by atoms with Crippen LogP contribution in [0.2, 0.25) is 5.02 Å². The van der Waals surface area contributed by atoms with Crippen molar-refractivity contribution >= 4 is 35.2 Å². The molecule has 0 radical (unpaired) electrons. The Hall–Kier alpha value is -2.54. The maximum atomic E-state index is 11.5. The fourth-order valence-electron chi connectivity index (χ4n) is 1.45. The van der Waals surface area contributed by atoms with Crippen molar-refractivity contribution in [3.63, 3.8) is 0 Å². The first kappa shape index (κ1) is 12.9. The molecule has 0 bridgehead atoms. The lowest BCUT2D eigenvalue weighted by molar-refractivity contribution is -0.105. The van der Waals surface area contributed by atoms with E-state index in [2.05, 4.69) is 15.6 Å². The van der Waals surface area contributed by atoms with Gasteiger partial charge in [-0.25, -0.2) is 4.79 Å². The Balaban J connectivity index is 2.43. The van der Waals surface area contributed by atoms with E-state index in [1.165, 1.54) is 0 Å². The first-order valence-electron chi connectivity index (χ1n) is 5.19. The lowest BCUT2D eigenvalue weighted by Gasteiger charge is -2.09. The number of halogens is 1. The second-order valence-electron chi connectivity index (χ2n) is 3.55. The van der Waals surface area contributed by atoms with Gasteiger partial charge in [0.1, 0.15) is 11.5 Å². The lowest BCUT2D eigenvalue weighted by atomic mass is 10.3. The summed E-state index contributed by atoms with van der Waals surface area (Å²) >= 11 is 5.75. The van der Waals surface area contributed by atoms with Crippen LogP contribution in [0.5, 0.6) is 0 Å². The van der Waals surface area contributed by atoms with Crippen LogP contribution < -0.4 is 21.9 Å². The number of aromatic nitrogens is 2. The molecule has 0 unspecified atom stereocenters. The number of hydrogen-bond acceptors (Lipinski definition) is 4. The summed E-state index contributed by atoms with van der Waals surface area (Å²) in [6, 6.07) is 6.60. The SMILES string of the molecule is O=CNc1c(Nc2ccc(Cl)cc2)[nH]c(=O)[nH]c1=O. The summed E-state index contributed by atoms with van der Waals surface area (Å²) < 4.78 is 0. The normalized spacial score (nSPS) is 9.95. The number of aromatic amines is 2. The third-order valence-corrected chi connectivity index (χ3v) is 2.51. The van der Waals surface area contributed by atoms with Crippen LogP contribution in [0.25, 0.3) is 0 Å². The van der Waals surface area contributed by atoms with E-state index in [-0.39, 0.29) is 11.5 Å². The zero-order chi connectivity index (χ0) is 13.8. The Morgan fingerprint density at radius 1 is 1.11 bits per heavy atom. The number of nitrogens with one attached hydrogen (secondary N) is 4. The first-order valence-corrected chi connectivity index (χ1v) is 5.57. The molecule has 0 aliphatic rings. The highest BCUT2D eigenvalue weighted by Crippen LogP contribution is 2.20. The maximum Gasteiger partial charge on any atom is 0.327 e. The van der Waals surface area contributed by atoms with Gasteiger partial charge in [-0.15, -0.1) is 0 Å². The van der Waals surface area contributed by atoms with Gasteiger partial charge in [-0.05, 0) is 24.3 Å². The van der Waals surface area contributed by atoms with Crippen LogP contribution in [0.4, 0.5) is 17.2 Å². The quantitative estimate of drug-likeness (QED) is 0.627. The molecule has 0 atom stereocenters. The number of H-pyrrole nitrogens is 2. The Kier molecular flexibility index (Phi) is 3.67. The van der Waals surface area contributed by atoms with Crippen molar-refractivity contribution in [2.45, 2.75) is 0 Å². The molecule has 1 aromatic carbocycles. The van der Waals surface area contributed by atoms with Gasteiger partial charge in [0.25, 0.3) is 5.56 Å². The molecule has 0 spiro atoms. The fraction of sp³-hybridized carbons (Fsp3) is 0. The minimum atomic E-state index is -0.702. The van der Waals surface area contributed by atoms with Gasteiger partial charge in [0, 0.05) is 10.7 Å². The average Bonchev–Trinajstić information content (AvgIpc) is 2.36. The van der Waals surface area contributed by atoms with E-state index < -0.39 is 11.2 Å². The van der Waals surface area contributed by atoms with Crippen LogP contribution in [0.3, 0.4) is 0 Å². The molecule has 4 N–H and O–H groups in total. The van der Waals surface area contributed by atoms with Crippen LogP contribution in [0.15, 0.2) is 33.9 Å². The largest absolute Gasteiger partial charge is 0.340 e. The molecule has 2 rings (SSSR count). The van der Waals surface area contributed by atoms with E-state index >= 15 is 0 Å². The molecule has 0 saturated heterocycles. The average molecular weight is 281 g/mol. The third-order valence-electron chi connectivity index (χ3n) is 2.26. The van der Waals surface area contributed by atoms with Crippen molar-refractivity contribution in [1.29, 1.82) is 0 Å². The van der Waals surface area contributed by atoms with Gasteiger partial charge in [-0.3, -0.25) is 19.6 Å². The summed E-state index contributed by atoms with van der Waals surface area (Å²) in [6.07, 6.45) is 0.343. The highest BCUT2D eigenvalue weighted by atomic mass is 35.5. The Morgan fingerprint density at radius 2 is 1.79 bits per heavy atom. The van der Waals surface area contributed by atoms with Crippen molar-refractivity contribution in [2.24, 2.45) is 0 Å². The number of benzene rings is 1. The Morgan fingerprint density at radius 3 is 2.42 bits per heavy atom. The molecule has 2 aromatic rings. The predicted octanol–water partition coefficient (Wildman–Crippen LogP) is 1.03. The topological polar surface area (TPSA) is 107 Å². The number of carbonyl (C=O) groups is 1. The Bertz CT molecular complexity index is 705. The zero-order valence-electron chi connectivity index (χ0n) is 9.49. The smallest absolute Gasteiger partial charge is 0.327 e. The molecule has 7 nitrogen and oxygen atoms in total. The molecule has 19 heavy (non-hydrogen) atoms. The van der Waals surface area contributed by atoms with E-state index in [9.17, 15) is 14.4 Å². The van der Waals surface area contributed by atoms with Gasteiger partial charge < -0.3 is 10.6 Å². The highest BCUT2D eigenvalue weighted by Gasteiger charge is 2.08. The standard InChI is InChI=1S/C11H9ClN4O3/c12-6-1-3-7(4-2-6)14-9-8(13-5-17)10(18)16-11(19)15-9/h1-5H,(H,13,17)(H3,14,15,16,18,19). The second-order valence-corrected chi connectivity index (χ2v) is 3.99. The Labute approximate surface area is 111 Å². The van der Waals surface area contributed by atoms with Crippen molar-refractivity contribution < 1.29 is 4.79 Å². The zero-order valence-corrected chi connectivity index (χ0v) is 10.2. The lowest BCUT2D eigenvalue weighted by Crippen LogP contribution is -2.26. The molecular weight excluding hydrogens is 272 g/mol. The fourth-order valence-corrected chi connectivity index (χ4v) is 1.58. The summed E-state index contributed by atoms with van der Waals surface area (Å²) in [4.78, 5) is 37.6. The van der Waals surface area contributed by atoms with E-state index in [1.54, 1.807) is 24.3 Å². The second kappa shape index (κ2) is 5.40. The van der Waals surface area contributed by atoms with E-state index in [0.29, 0.717) is 17.1 Å². The summed E-state index contributed by atoms with van der Waals surface area (Å²) in [5, 5.41) is 5.58. The molecule has 1 aromatic heterocycles. The molecule has 8 heteroatoms. The van der Waals surface area contributed by atoms with Crippen LogP contribution in [0, 0.1) is 0 Å². The molecule has 1 amide bonds. The van der Waals surface area contributed by atoms with Crippen LogP contribution >= 0.6 is 11.6 Å². The van der Waals surface area contributed by atoms with Crippen molar-refractivity contribution in [3.05, 3.63) is 50.1 Å². The van der Waals surface area contributed by atoms with Gasteiger partial charge in [0.05, 0.1) is 0 Å². The monoisotopic (exact) mass is 280 g/mol. The number of hydrogen-bond donors (Lipinski definition) is 4. The van der Waals surface area contributed by atoms with Crippen molar-refractivity contribution in [3.8, 4) is 0 Å². The third kappa shape index (κ3) is 3.02. The maximum absolute atomic E-state index is 11.5. The molecule has 0 aliphatic heterocycles. The van der Waals surface area contributed by atoms with Gasteiger partial charge >= 0.3 is 5.69 Å². The summed E-state index contributed by atoms with van der Waals surface area (Å²) in [6.45, 7) is 0. The van der Waals surface area contributed by atoms with E-state index in [1.807, 2.05) is 4.98 Å². The number of amides is 1. The van der Waals surface area contributed by atoms with Gasteiger partial charge in [0.15, 0.2) is 0 Å². The van der Waals surface area contributed by atoms with Crippen LogP contribution in [0.1, 0.15) is 0 Å². The van der Waals surface area contributed by atoms with Gasteiger partial charge in [-0.2, -0.15) is 0 Å². The summed E-state index contributed by atoms with van der Waals surface area (Å²) in [5.74, 6) is 0.0863. The van der Waals surface area contributed by atoms with Crippen molar-refractivity contribution in [1.82, 2.24) is 9.97 Å². The number of anilines is 3. The molecule has 98 valence electrons. The van der Waals surface area contributed by atoms with Crippen LogP contribution in [-0.4, -0.2) is 16.4 Å². The molecule has 1 heterocycles. The predicted molar refractivity (Wildman–Crippen MR) is 72.1 cm³/mol. The highest BCUT2D eigenvalue weighted by molar-refractivity contribution is 6.30. The summed E-state index contributed by atoms with van der Waals surface area (Å²) in [5.41, 5.74) is -0.866. The number of carbonyl (C=O) groups excluding carboxylic acids is 1. The van der Waals surface area contributed by atoms with Crippen LogP contribution in [-0.2, 0) is 4.79 Å². The molecule has 0 fully saturated rings. The molecular formula is C11H9ClN4O3. The van der Waals surface area contributed by atoms with Gasteiger partial charge in [-0.1, -0.05) is 11.6 Å². The van der Waals surface area contributed by atoms with E-state index in [4.69, 9.17) is 11.6 Å². The summed E-state index contributed by atoms with van der Waals surface area (Å²) in [7, 11) is 0. The van der Waals surface area contributed by atoms with Crippen molar-refractivity contribution in [2.75, 3.05) is 10.6 Å². The van der Waals surface area contributed by atoms with E-state index in [0.717, 1.165) is 0 Å². The molecule has 0 saturated carbocycles. The number of rotatable bonds is 4. The van der Waals surface area contributed by atoms with Gasteiger partial charge in [0.2, 0.25) is 6.41 Å².